The van der Waals surface area contributed by atoms with Crippen LogP contribution in [0.1, 0.15) is 44.1 Å². The largest absolute Gasteiger partial charge is 0.480 e. The average Bonchev–Trinajstić information content (AvgIpc) is 2.89. The number of nitrogens with zero attached hydrogens (tertiary/aromatic N) is 3. The van der Waals surface area contributed by atoms with Gasteiger partial charge in [0.1, 0.15) is 17.9 Å². The highest BCUT2D eigenvalue weighted by atomic mass is 16.4. The molecule has 1 unspecified atom stereocenters. The highest BCUT2D eigenvalue weighted by Gasteiger charge is 2.25. The molecule has 186 valence electrons. The number of nitrogens with one attached hydrogen (secondary N) is 2. The summed E-state index contributed by atoms with van der Waals surface area (Å²) < 4.78 is 0.994. The van der Waals surface area contributed by atoms with Crippen molar-refractivity contribution in [2.24, 2.45) is 0 Å². The van der Waals surface area contributed by atoms with Gasteiger partial charge >= 0.3 is 17.6 Å². The van der Waals surface area contributed by atoms with E-state index in [1.807, 2.05) is 38.2 Å². The van der Waals surface area contributed by atoms with Crippen molar-refractivity contribution in [2.45, 2.75) is 19.8 Å². The van der Waals surface area contributed by atoms with Crippen LogP contribution < -0.4 is 16.6 Å². The number of aromatic amines is 1. The SMILES string of the molecule is Cc1cc2c(C)c(c1)C1=CC(=C2)C(c2cn(-c3ncc(C(=O)O)c(NCC(=O)O)n3)c(=O)[nH]c2=O)C=C1. The minimum absolute atomic E-state index is 0.232. The summed E-state index contributed by atoms with van der Waals surface area (Å²) >= 11 is 0. The molecule has 4 N–H and O–H groups in total. The topological polar surface area (TPSA) is 167 Å². The molecule has 1 atom stereocenters. The number of aryl methyl sites for hydroxylation is 1. The van der Waals surface area contributed by atoms with E-state index < -0.39 is 35.7 Å². The lowest BCUT2D eigenvalue weighted by atomic mass is 9.86. The predicted octanol–water partition coefficient (Wildman–Crippen LogP) is 2.26. The van der Waals surface area contributed by atoms with E-state index in [9.17, 15) is 24.3 Å². The van der Waals surface area contributed by atoms with Crippen molar-refractivity contribution in [3.63, 3.8) is 0 Å². The van der Waals surface area contributed by atoms with Crippen molar-refractivity contribution < 1.29 is 19.8 Å². The van der Waals surface area contributed by atoms with Crippen LogP contribution in [0.2, 0.25) is 0 Å². The molecule has 2 heterocycles. The lowest BCUT2D eigenvalue weighted by Gasteiger charge is -2.19. The number of aliphatic carboxylic acids is 1. The minimum atomic E-state index is -1.38. The minimum Gasteiger partial charge on any atom is -0.480 e. The van der Waals surface area contributed by atoms with Crippen molar-refractivity contribution in [1.29, 1.82) is 0 Å². The highest BCUT2D eigenvalue weighted by Crippen LogP contribution is 2.39. The first kappa shape index (κ1) is 23.7. The lowest BCUT2D eigenvalue weighted by Crippen LogP contribution is -2.33. The van der Waals surface area contributed by atoms with Crippen LogP contribution in [0.5, 0.6) is 0 Å². The number of H-pyrrole nitrogens is 1. The summed E-state index contributed by atoms with van der Waals surface area (Å²) in [7, 11) is 0. The number of benzene rings is 1. The molecular formula is C26H21N5O6. The molecule has 2 aliphatic rings. The number of carboxylic acids is 2. The van der Waals surface area contributed by atoms with E-state index in [1.165, 1.54) is 6.20 Å². The Labute approximate surface area is 209 Å². The van der Waals surface area contributed by atoms with Crippen molar-refractivity contribution in [2.75, 3.05) is 11.9 Å². The molecule has 5 rings (SSSR count). The Morgan fingerprint density at radius 1 is 1.16 bits per heavy atom. The lowest BCUT2D eigenvalue weighted by molar-refractivity contribution is -0.134. The Kier molecular flexibility index (Phi) is 5.67. The van der Waals surface area contributed by atoms with E-state index in [0.717, 1.165) is 44.2 Å². The molecular weight excluding hydrogens is 478 g/mol. The zero-order valence-electron chi connectivity index (χ0n) is 19.8. The number of rotatable bonds is 6. The van der Waals surface area contributed by atoms with E-state index >= 15 is 0 Å². The first-order valence-electron chi connectivity index (χ1n) is 11.3. The molecule has 2 aromatic heterocycles. The number of carbonyl (C=O) groups is 2. The third-order valence-corrected chi connectivity index (χ3v) is 6.31. The van der Waals surface area contributed by atoms with Crippen LogP contribution in [-0.4, -0.2) is 48.2 Å². The summed E-state index contributed by atoms with van der Waals surface area (Å²) in [4.78, 5) is 58.4. The zero-order valence-corrected chi connectivity index (χ0v) is 19.8. The van der Waals surface area contributed by atoms with Gasteiger partial charge < -0.3 is 15.5 Å². The second kappa shape index (κ2) is 8.86. The fourth-order valence-electron chi connectivity index (χ4n) is 4.52. The summed E-state index contributed by atoms with van der Waals surface area (Å²) in [5, 5.41) is 20.8. The number of hydrogen-bond donors (Lipinski definition) is 4. The normalized spacial score (nSPS) is 15.5. The van der Waals surface area contributed by atoms with Crippen molar-refractivity contribution in [1.82, 2.24) is 19.5 Å². The van der Waals surface area contributed by atoms with Gasteiger partial charge in [0.25, 0.3) is 5.56 Å². The van der Waals surface area contributed by atoms with Gasteiger partial charge in [-0.1, -0.05) is 36.4 Å². The molecule has 2 aliphatic carbocycles. The van der Waals surface area contributed by atoms with E-state index in [2.05, 4.69) is 32.4 Å². The highest BCUT2D eigenvalue weighted by molar-refractivity contribution is 5.93. The zero-order chi connectivity index (χ0) is 26.4. The van der Waals surface area contributed by atoms with Gasteiger partial charge in [0.2, 0.25) is 5.95 Å². The fourth-order valence-corrected chi connectivity index (χ4v) is 4.52. The number of hydrogen-bond acceptors (Lipinski definition) is 7. The van der Waals surface area contributed by atoms with Crippen LogP contribution in [0.4, 0.5) is 5.82 Å². The number of fused-ring (bicyclic) bond motifs is 4. The van der Waals surface area contributed by atoms with Gasteiger partial charge in [-0.15, -0.1) is 0 Å². The van der Waals surface area contributed by atoms with Crippen LogP contribution in [0.25, 0.3) is 17.6 Å². The first-order valence-corrected chi connectivity index (χ1v) is 11.3. The second-order valence-corrected chi connectivity index (χ2v) is 8.81. The van der Waals surface area contributed by atoms with E-state index in [-0.39, 0.29) is 22.9 Å². The van der Waals surface area contributed by atoms with Gasteiger partial charge in [-0.25, -0.2) is 19.1 Å². The van der Waals surface area contributed by atoms with Crippen LogP contribution in [0.15, 0.2) is 57.9 Å². The van der Waals surface area contributed by atoms with E-state index in [0.29, 0.717) is 0 Å². The molecule has 1 aromatic carbocycles. The molecule has 0 spiro atoms. The summed E-state index contributed by atoms with van der Waals surface area (Å²) in [5.41, 5.74) is 4.76. The van der Waals surface area contributed by atoms with Crippen molar-refractivity contribution >= 4 is 29.4 Å². The number of carboxylic acid groups (broad SMARTS) is 2. The molecule has 0 aliphatic heterocycles. The fraction of sp³-hybridized carbons (Fsp3) is 0.154. The molecule has 0 fully saturated rings. The Hall–Kier alpha value is -5.06. The van der Waals surface area contributed by atoms with Crippen molar-refractivity contribution in [3.8, 4) is 5.95 Å². The number of allylic oxidation sites excluding steroid dienone is 5. The molecule has 37 heavy (non-hydrogen) atoms. The Bertz CT molecular complexity index is 1710. The Morgan fingerprint density at radius 3 is 2.68 bits per heavy atom. The number of aromatic carboxylic acids is 1. The molecule has 0 amide bonds. The van der Waals surface area contributed by atoms with Gasteiger partial charge in [-0.05, 0) is 47.2 Å². The smallest absolute Gasteiger partial charge is 0.341 e. The Balaban J connectivity index is 1.61. The molecule has 3 aromatic rings. The molecule has 0 saturated carbocycles. The second-order valence-electron chi connectivity index (χ2n) is 8.81. The van der Waals surface area contributed by atoms with E-state index in [4.69, 9.17) is 5.11 Å². The molecule has 0 saturated heterocycles. The van der Waals surface area contributed by atoms with Gasteiger partial charge in [0.15, 0.2) is 0 Å². The standard InChI is InChI=1S/C26H21N5O6/c1-12-5-15-8-16-7-14(18(6-12)13(15)2)3-4-17(16)20-11-31(26(37)30-23(20)34)25-28-9-19(24(35)36)22(29-25)27-10-21(32)33/h3-9,11,17H,10H2,1-2H3,(H,32,33)(H,35,36)(H,27,28,29)(H,30,34,37). The predicted molar refractivity (Wildman–Crippen MR) is 135 cm³/mol. The summed E-state index contributed by atoms with van der Waals surface area (Å²) in [6.07, 6.45) is 10.2. The average molecular weight is 499 g/mol. The van der Waals surface area contributed by atoms with Gasteiger partial charge in [-0.2, -0.15) is 4.98 Å². The van der Waals surface area contributed by atoms with Crippen LogP contribution in [-0.2, 0) is 4.79 Å². The molecule has 4 bridgehead atoms. The van der Waals surface area contributed by atoms with Gasteiger partial charge in [0, 0.05) is 23.9 Å². The molecule has 0 radical (unpaired) electrons. The van der Waals surface area contributed by atoms with Gasteiger partial charge in [-0.3, -0.25) is 14.6 Å². The molecule has 11 heteroatoms. The maximum atomic E-state index is 12.9. The Morgan fingerprint density at radius 2 is 1.95 bits per heavy atom. The monoisotopic (exact) mass is 499 g/mol. The van der Waals surface area contributed by atoms with E-state index in [1.54, 1.807) is 0 Å². The number of aromatic nitrogens is 4. The van der Waals surface area contributed by atoms with Crippen LogP contribution in [0, 0.1) is 13.8 Å². The summed E-state index contributed by atoms with van der Waals surface area (Å²) in [5.74, 6) is -3.59. The first-order chi connectivity index (χ1) is 17.6. The van der Waals surface area contributed by atoms with Gasteiger partial charge in [0.05, 0.1) is 0 Å². The van der Waals surface area contributed by atoms with Crippen molar-refractivity contribution in [3.05, 3.63) is 103 Å². The maximum absolute atomic E-state index is 12.9. The maximum Gasteiger partial charge on any atom is 0.341 e. The quantitative estimate of drug-likeness (QED) is 0.398. The third kappa shape index (κ3) is 4.27. The number of anilines is 1. The summed E-state index contributed by atoms with van der Waals surface area (Å²) in [6.45, 7) is 3.47. The molecule has 11 nitrogen and oxygen atoms in total. The third-order valence-electron chi connectivity index (χ3n) is 6.31. The van der Waals surface area contributed by atoms with Crippen LogP contribution in [0.3, 0.4) is 0 Å². The summed E-state index contributed by atoms with van der Waals surface area (Å²) in [6, 6.07) is 4.19. The van der Waals surface area contributed by atoms with Crippen LogP contribution >= 0.6 is 0 Å².